The van der Waals surface area contributed by atoms with Crippen molar-refractivity contribution >= 4 is 0 Å². The van der Waals surface area contributed by atoms with Gasteiger partial charge in [-0.3, -0.25) is 0 Å². The lowest BCUT2D eigenvalue weighted by Gasteiger charge is -2.20. The number of ether oxygens (including phenoxy) is 1. The first kappa shape index (κ1) is 14.7. The number of hydrogen-bond acceptors (Lipinski definition) is 4. The molecule has 0 saturated carbocycles. The van der Waals surface area contributed by atoms with Crippen molar-refractivity contribution in [2.75, 3.05) is 26.3 Å². The molecule has 0 aromatic carbocycles. The Morgan fingerprint density at radius 2 is 1.80 bits per heavy atom. The lowest BCUT2D eigenvalue weighted by atomic mass is 10.3. The van der Waals surface area contributed by atoms with E-state index in [0.29, 0.717) is 0 Å². The van der Waals surface area contributed by atoms with Crippen molar-refractivity contribution in [2.24, 2.45) is 0 Å². The van der Waals surface area contributed by atoms with E-state index in [1.807, 2.05) is 32.0 Å². The van der Waals surface area contributed by atoms with E-state index in [0.717, 1.165) is 39.1 Å². The fourth-order valence-electron chi connectivity index (χ4n) is 2.14. The van der Waals surface area contributed by atoms with Crippen LogP contribution in [0, 0.1) is 0 Å². The summed E-state index contributed by atoms with van der Waals surface area (Å²) in [7, 11) is 0. The van der Waals surface area contributed by atoms with Crippen LogP contribution in [-0.2, 0) is 4.74 Å². The van der Waals surface area contributed by atoms with E-state index >= 15 is 0 Å². The van der Waals surface area contributed by atoms with Gasteiger partial charge in [0.25, 0.3) is 0 Å². The zero-order chi connectivity index (χ0) is 14.0. The molecule has 0 unspecified atom stereocenters. The highest BCUT2D eigenvalue weighted by atomic mass is 16.5. The molecule has 6 heteroatoms. The highest BCUT2D eigenvalue weighted by molar-refractivity contribution is 4.86. The molecule has 2 aromatic heterocycles. The Labute approximate surface area is 119 Å². The minimum Gasteiger partial charge on any atom is -0.382 e. The number of aromatic nitrogens is 4. The molecule has 0 radical (unpaired) electrons. The highest BCUT2D eigenvalue weighted by Crippen LogP contribution is 2.13. The summed E-state index contributed by atoms with van der Waals surface area (Å²) in [6, 6.07) is 0. The molecule has 0 spiro atoms. The monoisotopic (exact) mass is 277 g/mol. The van der Waals surface area contributed by atoms with E-state index in [-0.39, 0.29) is 6.17 Å². The predicted octanol–water partition coefficient (Wildman–Crippen LogP) is 1.53. The van der Waals surface area contributed by atoms with Crippen LogP contribution in [0.5, 0.6) is 0 Å². The van der Waals surface area contributed by atoms with Gasteiger partial charge in [-0.05, 0) is 32.9 Å². The Balaban J connectivity index is 1.75. The maximum absolute atomic E-state index is 5.31. The molecule has 0 bridgehead atoms. The summed E-state index contributed by atoms with van der Waals surface area (Å²) < 4.78 is 9.52. The molecule has 110 valence electrons. The van der Waals surface area contributed by atoms with Crippen LogP contribution >= 0.6 is 0 Å². The first-order valence-corrected chi connectivity index (χ1v) is 7.15. The molecule has 6 nitrogen and oxygen atoms in total. The second-order valence-electron chi connectivity index (χ2n) is 4.59. The van der Waals surface area contributed by atoms with Crippen molar-refractivity contribution in [1.29, 1.82) is 0 Å². The first-order valence-electron chi connectivity index (χ1n) is 7.15. The van der Waals surface area contributed by atoms with Gasteiger partial charge in [0.05, 0.1) is 12.7 Å². The molecule has 0 saturated heterocycles. The quantitative estimate of drug-likeness (QED) is 0.669. The van der Waals surface area contributed by atoms with Crippen LogP contribution in [0.1, 0.15) is 25.9 Å². The molecule has 0 amide bonds. The predicted molar refractivity (Wildman–Crippen MR) is 77.5 cm³/mol. The van der Waals surface area contributed by atoms with Gasteiger partial charge in [0.1, 0.15) is 6.17 Å². The number of hydrogen-bond donors (Lipinski definition) is 1. The second-order valence-corrected chi connectivity index (χ2v) is 4.59. The van der Waals surface area contributed by atoms with Crippen molar-refractivity contribution < 1.29 is 4.74 Å². The van der Waals surface area contributed by atoms with E-state index in [1.54, 1.807) is 12.4 Å². The van der Waals surface area contributed by atoms with Crippen molar-refractivity contribution in [3.05, 3.63) is 37.4 Å². The van der Waals surface area contributed by atoms with Crippen LogP contribution in [-0.4, -0.2) is 45.4 Å². The van der Waals surface area contributed by atoms with Crippen molar-refractivity contribution in [3.8, 4) is 0 Å². The molecular formula is C14H23N5O. The number of imidazole rings is 2. The van der Waals surface area contributed by atoms with Gasteiger partial charge < -0.3 is 19.2 Å². The normalized spacial score (nSPS) is 11.3. The minimum atomic E-state index is 0.222. The van der Waals surface area contributed by atoms with E-state index in [4.69, 9.17) is 4.74 Å². The lowest BCUT2D eigenvalue weighted by molar-refractivity contribution is 0.144. The van der Waals surface area contributed by atoms with Crippen molar-refractivity contribution in [2.45, 2.75) is 25.9 Å². The molecule has 2 heterocycles. The van der Waals surface area contributed by atoms with Crippen LogP contribution < -0.4 is 5.32 Å². The summed E-state index contributed by atoms with van der Waals surface area (Å²) in [6.45, 7) is 5.58. The lowest BCUT2D eigenvalue weighted by Crippen LogP contribution is -2.24. The smallest absolute Gasteiger partial charge is 0.113 e. The van der Waals surface area contributed by atoms with Gasteiger partial charge in [0.15, 0.2) is 0 Å². The Morgan fingerprint density at radius 3 is 2.35 bits per heavy atom. The molecule has 2 rings (SSSR count). The fourth-order valence-corrected chi connectivity index (χ4v) is 2.14. The van der Waals surface area contributed by atoms with Crippen LogP contribution in [0.2, 0.25) is 0 Å². The largest absolute Gasteiger partial charge is 0.382 e. The molecule has 0 aliphatic carbocycles. The summed E-state index contributed by atoms with van der Waals surface area (Å²) in [5.41, 5.74) is 0. The molecule has 0 atom stereocenters. The van der Waals surface area contributed by atoms with Gasteiger partial charge in [0.2, 0.25) is 0 Å². The molecule has 20 heavy (non-hydrogen) atoms. The van der Waals surface area contributed by atoms with Gasteiger partial charge in [-0.15, -0.1) is 0 Å². The second kappa shape index (κ2) is 8.50. The Morgan fingerprint density at radius 1 is 1.10 bits per heavy atom. The summed E-state index contributed by atoms with van der Waals surface area (Å²) in [5, 5.41) is 3.45. The molecule has 0 fully saturated rings. The maximum atomic E-state index is 5.31. The standard InChI is InChI=1S/C14H23N5O/c1-2-20-11-3-5-15-6-4-14(18-9-7-16-12-18)19-10-8-17-13-19/h7-10,12-15H,2-6,11H2,1H3. The summed E-state index contributed by atoms with van der Waals surface area (Å²) >= 11 is 0. The van der Waals surface area contributed by atoms with Crippen LogP contribution in [0.3, 0.4) is 0 Å². The highest BCUT2D eigenvalue weighted by Gasteiger charge is 2.11. The first-order chi connectivity index (χ1) is 9.92. The molecule has 0 aliphatic rings. The van der Waals surface area contributed by atoms with Crippen LogP contribution in [0.4, 0.5) is 0 Å². The summed E-state index contributed by atoms with van der Waals surface area (Å²) in [6.07, 6.45) is 13.5. The number of nitrogens with zero attached hydrogens (tertiary/aromatic N) is 4. The van der Waals surface area contributed by atoms with E-state index in [2.05, 4.69) is 24.4 Å². The summed E-state index contributed by atoms with van der Waals surface area (Å²) in [5.74, 6) is 0. The fraction of sp³-hybridized carbons (Fsp3) is 0.571. The zero-order valence-electron chi connectivity index (χ0n) is 12.0. The average molecular weight is 277 g/mol. The topological polar surface area (TPSA) is 56.9 Å². The maximum Gasteiger partial charge on any atom is 0.113 e. The number of rotatable bonds is 10. The Bertz CT molecular complexity index is 406. The van der Waals surface area contributed by atoms with Crippen molar-refractivity contribution in [1.82, 2.24) is 24.4 Å². The Kier molecular flexibility index (Phi) is 6.26. The SMILES string of the molecule is CCOCCCNCCC(n1ccnc1)n1ccnc1. The van der Waals surface area contributed by atoms with Crippen LogP contribution in [0.15, 0.2) is 37.4 Å². The van der Waals surface area contributed by atoms with Gasteiger partial charge in [-0.25, -0.2) is 9.97 Å². The molecular weight excluding hydrogens is 254 g/mol. The Hall–Kier alpha value is -1.66. The molecule has 2 aromatic rings. The third-order valence-electron chi connectivity index (χ3n) is 3.16. The third-order valence-corrected chi connectivity index (χ3v) is 3.16. The van der Waals surface area contributed by atoms with E-state index in [9.17, 15) is 0 Å². The summed E-state index contributed by atoms with van der Waals surface area (Å²) in [4.78, 5) is 8.25. The van der Waals surface area contributed by atoms with Gasteiger partial charge >= 0.3 is 0 Å². The van der Waals surface area contributed by atoms with Crippen LogP contribution in [0.25, 0.3) is 0 Å². The zero-order valence-corrected chi connectivity index (χ0v) is 12.0. The van der Waals surface area contributed by atoms with Gasteiger partial charge in [-0.2, -0.15) is 0 Å². The molecule has 0 aliphatic heterocycles. The van der Waals surface area contributed by atoms with E-state index < -0.39 is 0 Å². The third kappa shape index (κ3) is 4.47. The minimum absolute atomic E-state index is 0.222. The van der Waals surface area contributed by atoms with Gasteiger partial charge in [0, 0.05) is 38.0 Å². The molecule has 1 N–H and O–H groups in total. The number of nitrogens with one attached hydrogen (secondary N) is 1. The van der Waals surface area contributed by atoms with E-state index in [1.165, 1.54) is 0 Å². The average Bonchev–Trinajstić information content (AvgIpc) is 3.14. The van der Waals surface area contributed by atoms with Gasteiger partial charge in [-0.1, -0.05) is 0 Å². The van der Waals surface area contributed by atoms with Crippen molar-refractivity contribution in [3.63, 3.8) is 0 Å².